The van der Waals surface area contributed by atoms with Gasteiger partial charge in [-0.1, -0.05) is 36.4 Å². The van der Waals surface area contributed by atoms with Crippen molar-refractivity contribution in [1.29, 1.82) is 0 Å². The standard InChI is InChI=1S/C30H29N5O6S/c31-21-13-12-20-22-23(25(42-24(21)22)26(36)34-17-5-4-14-35(15-17)28(38)39)30(33,40)27(37)29(20,32)16-8-10-19(11-9-16)41-18-6-2-1-3-7-18/h1-3,6-13,17,40H,4-5,14-15,31-33H2,(H,34,36)(H,38,39)/t17?,29-,30-/m1/s1. The van der Waals surface area contributed by atoms with E-state index < -0.39 is 35.1 Å². The molecule has 1 aromatic heterocycles. The molecule has 6 rings (SSSR count). The van der Waals surface area contributed by atoms with Gasteiger partial charge < -0.3 is 36.6 Å². The Balaban J connectivity index is 1.41. The first-order valence-electron chi connectivity index (χ1n) is 13.3. The number of nitrogens with one attached hydrogen (secondary N) is 1. The van der Waals surface area contributed by atoms with Crippen LogP contribution in [0.15, 0.2) is 66.7 Å². The van der Waals surface area contributed by atoms with Gasteiger partial charge in [0.05, 0.1) is 4.70 Å². The highest BCUT2D eigenvalue weighted by Crippen LogP contribution is 2.50. The number of aliphatic hydroxyl groups is 1. The molecule has 9 N–H and O–H groups in total. The molecule has 2 aliphatic rings. The molecule has 1 fully saturated rings. The molecule has 12 heteroatoms. The molecule has 1 aliphatic heterocycles. The van der Waals surface area contributed by atoms with Gasteiger partial charge in [0, 0.05) is 35.8 Å². The number of thiophene rings is 1. The van der Waals surface area contributed by atoms with Crippen molar-refractivity contribution in [3.8, 4) is 11.5 Å². The fraction of sp³-hybridized carbons (Fsp3) is 0.233. The van der Waals surface area contributed by atoms with Crippen LogP contribution in [0, 0.1) is 0 Å². The number of nitrogen functional groups attached to an aromatic ring is 1. The van der Waals surface area contributed by atoms with Crippen LogP contribution >= 0.6 is 11.3 Å². The van der Waals surface area contributed by atoms with Crippen LogP contribution in [0.5, 0.6) is 11.5 Å². The number of hydrogen-bond donors (Lipinski definition) is 6. The second kappa shape index (κ2) is 10.1. The predicted molar refractivity (Wildman–Crippen MR) is 157 cm³/mol. The summed E-state index contributed by atoms with van der Waals surface area (Å²) in [6.45, 7) is 0.501. The Kier molecular flexibility index (Phi) is 6.65. The van der Waals surface area contributed by atoms with Crippen LogP contribution in [0.2, 0.25) is 0 Å². The van der Waals surface area contributed by atoms with Crippen molar-refractivity contribution in [2.45, 2.75) is 30.1 Å². The summed E-state index contributed by atoms with van der Waals surface area (Å²) in [5.41, 5.74) is 16.0. The number of likely N-dealkylation sites (tertiary alicyclic amines) is 1. The summed E-state index contributed by atoms with van der Waals surface area (Å²) in [5.74, 6) is -0.345. The number of carbonyl (C=O) groups is 3. The SMILES string of the molecule is Nc1ccc2c3c(c(C(=O)NC4CCCN(C(=O)O)C4)sc13)[C@@](N)(O)C(=O)[C@@]2(N)c1ccc(Oc2ccccc2)cc1. The summed E-state index contributed by atoms with van der Waals surface area (Å²) < 4.78 is 6.33. The molecule has 3 atom stereocenters. The van der Waals surface area contributed by atoms with Gasteiger partial charge >= 0.3 is 6.09 Å². The lowest BCUT2D eigenvalue weighted by Gasteiger charge is -2.40. The van der Waals surface area contributed by atoms with Gasteiger partial charge in [-0.05, 0) is 54.3 Å². The van der Waals surface area contributed by atoms with Gasteiger partial charge in [-0.25, -0.2) is 4.79 Å². The van der Waals surface area contributed by atoms with Crippen LogP contribution in [0.25, 0.3) is 10.1 Å². The molecule has 1 aliphatic carbocycles. The Bertz CT molecular complexity index is 1720. The van der Waals surface area contributed by atoms with E-state index in [0.717, 1.165) is 11.3 Å². The third-order valence-corrected chi connectivity index (χ3v) is 9.14. The molecule has 4 aromatic rings. The fourth-order valence-electron chi connectivity index (χ4n) is 5.83. The number of nitrogens with zero attached hydrogens (tertiary/aromatic N) is 1. The van der Waals surface area contributed by atoms with Gasteiger partial charge in [0.1, 0.15) is 21.9 Å². The third-order valence-electron chi connectivity index (χ3n) is 7.90. The summed E-state index contributed by atoms with van der Waals surface area (Å²) in [4.78, 5) is 40.3. The van der Waals surface area contributed by atoms with Gasteiger partial charge in [0.25, 0.3) is 5.91 Å². The lowest BCUT2D eigenvalue weighted by atomic mass is 9.69. The smallest absolute Gasteiger partial charge is 0.407 e. The number of carboxylic acid groups (broad SMARTS) is 1. The van der Waals surface area contributed by atoms with Crippen LogP contribution in [0.4, 0.5) is 10.5 Å². The number of para-hydroxylation sites is 1. The molecule has 216 valence electrons. The van der Waals surface area contributed by atoms with Gasteiger partial charge in [-0.2, -0.15) is 0 Å². The number of amides is 2. The molecule has 0 saturated carbocycles. The Morgan fingerprint density at radius 3 is 2.40 bits per heavy atom. The highest BCUT2D eigenvalue weighted by molar-refractivity contribution is 7.21. The number of piperidine rings is 1. The van der Waals surface area contributed by atoms with E-state index in [1.165, 1.54) is 4.90 Å². The Morgan fingerprint density at radius 1 is 1.02 bits per heavy atom. The molecule has 11 nitrogen and oxygen atoms in total. The second-order valence-corrected chi connectivity index (χ2v) is 11.6. The quantitative estimate of drug-likeness (QED) is 0.150. The van der Waals surface area contributed by atoms with Crippen molar-refractivity contribution in [3.05, 3.63) is 88.3 Å². The van der Waals surface area contributed by atoms with Gasteiger partial charge in [-0.15, -0.1) is 11.3 Å². The molecule has 2 amide bonds. The van der Waals surface area contributed by atoms with E-state index in [4.69, 9.17) is 21.9 Å². The normalized spacial score (nSPS) is 23.5. The largest absolute Gasteiger partial charge is 0.465 e. The van der Waals surface area contributed by atoms with E-state index in [1.54, 1.807) is 36.4 Å². The molecule has 42 heavy (non-hydrogen) atoms. The number of anilines is 1. The summed E-state index contributed by atoms with van der Waals surface area (Å²) in [6, 6.07) is 18.6. The zero-order valence-corrected chi connectivity index (χ0v) is 23.2. The minimum Gasteiger partial charge on any atom is -0.465 e. The number of hydrogen-bond acceptors (Lipinski definition) is 9. The topological polar surface area (TPSA) is 194 Å². The van der Waals surface area contributed by atoms with Crippen molar-refractivity contribution in [1.82, 2.24) is 10.2 Å². The van der Waals surface area contributed by atoms with Crippen LogP contribution in [0.3, 0.4) is 0 Å². The Labute approximate surface area is 244 Å². The van der Waals surface area contributed by atoms with Crippen molar-refractivity contribution in [2.24, 2.45) is 11.5 Å². The van der Waals surface area contributed by atoms with Gasteiger partial charge in [0.15, 0.2) is 0 Å². The number of ether oxygens (including phenoxy) is 1. The molecule has 1 saturated heterocycles. The van der Waals surface area contributed by atoms with E-state index in [9.17, 15) is 24.6 Å². The molecule has 0 bridgehead atoms. The Hall–Kier alpha value is -4.49. The van der Waals surface area contributed by atoms with E-state index in [2.05, 4.69) is 5.32 Å². The van der Waals surface area contributed by atoms with Crippen molar-refractivity contribution >= 4 is 44.9 Å². The third kappa shape index (κ3) is 4.36. The van der Waals surface area contributed by atoms with E-state index in [1.807, 2.05) is 30.3 Å². The summed E-state index contributed by atoms with van der Waals surface area (Å²) in [5, 5.41) is 24.2. The van der Waals surface area contributed by atoms with E-state index in [-0.39, 0.29) is 17.0 Å². The average Bonchev–Trinajstić information content (AvgIpc) is 3.40. The maximum atomic E-state index is 14.1. The van der Waals surface area contributed by atoms with Crippen molar-refractivity contribution < 1.29 is 29.3 Å². The number of ketones is 1. The zero-order chi connectivity index (χ0) is 29.8. The Morgan fingerprint density at radius 2 is 1.71 bits per heavy atom. The minimum absolute atomic E-state index is 0.0172. The molecule has 3 aromatic carbocycles. The van der Waals surface area contributed by atoms with E-state index >= 15 is 0 Å². The number of rotatable bonds is 5. The van der Waals surface area contributed by atoms with Crippen LogP contribution in [-0.2, 0) is 16.1 Å². The highest BCUT2D eigenvalue weighted by Gasteiger charge is 2.56. The summed E-state index contributed by atoms with van der Waals surface area (Å²) in [7, 11) is 0. The molecule has 0 spiro atoms. The molecular weight excluding hydrogens is 558 g/mol. The molecule has 0 radical (unpaired) electrons. The summed E-state index contributed by atoms with van der Waals surface area (Å²) in [6.07, 6.45) is 0.0899. The summed E-state index contributed by atoms with van der Waals surface area (Å²) >= 11 is 1.00. The zero-order valence-electron chi connectivity index (χ0n) is 22.4. The minimum atomic E-state index is -2.63. The van der Waals surface area contributed by atoms with Gasteiger partial charge in [0.2, 0.25) is 11.5 Å². The molecule has 2 heterocycles. The van der Waals surface area contributed by atoms with Crippen LogP contribution in [0.1, 0.15) is 39.2 Å². The first kappa shape index (κ1) is 27.7. The van der Waals surface area contributed by atoms with E-state index in [0.29, 0.717) is 57.8 Å². The van der Waals surface area contributed by atoms with Crippen LogP contribution in [-0.4, -0.2) is 52.0 Å². The number of Topliss-reactive ketones (excluding diaryl/α,β-unsaturated/α-hetero) is 1. The molecule has 1 unspecified atom stereocenters. The maximum Gasteiger partial charge on any atom is 0.407 e. The van der Waals surface area contributed by atoms with Crippen LogP contribution < -0.4 is 27.3 Å². The predicted octanol–water partition coefficient (Wildman–Crippen LogP) is 3.04. The lowest BCUT2D eigenvalue weighted by molar-refractivity contribution is -0.143. The lowest BCUT2D eigenvalue weighted by Crippen LogP contribution is -2.61. The second-order valence-electron chi connectivity index (χ2n) is 10.6. The number of nitrogens with two attached hydrogens (primary N) is 3. The maximum absolute atomic E-state index is 14.1. The average molecular weight is 588 g/mol. The number of carbonyl (C=O) groups excluding carboxylic acids is 2. The fourth-order valence-corrected chi connectivity index (χ4v) is 7.04. The number of benzene rings is 3. The monoisotopic (exact) mass is 587 g/mol. The van der Waals surface area contributed by atoms with Crippen molar-refractivity contribution in [2.75, 3.05) is 18.8 Å². The molecular formula is C30H29N5O6S. The van der Waals surface area contributed by atoms with Gasteiger partial charge in [-0.3, -0.25) is 15.3 Å². The first-order valence-corrected chi connectivity index (χ1v) is 14.2. The van der Waals surface area contributed by atoms with Crippen molar-refractivity contribution in [3.63, 3.8) is 0 Å². The highest BCUT2D eigenvalue weighted by atomic mass is 32.1. The first-order chi connectivity index (χ1) is 20.0.